The maximum atomic E-state index is 12.4. The molecule has 1 aromatic rings. The Morgan fingerprint density at radius 1 is 1.36 bits per heavy atom. The normalized spacial score (nSPS) is 27.9. The van der Waals surface area contributed by atoms with Gasteiger partial charge in [0.1, 0.15) is 0 Å². The summed E-state index contributed by atoms with van der Waals surface area (Å²) in [5.74, 6) is 0.474. The first kappa shape index (κ1) is 17.8. The summed E-state index contributed by atoms with van der Waals surface area (Å²) in [7, 11) is 0. The number of rotatable bonds is 7. The summed E-state index contributed by atoms with van der Waals surface area (Å²) in [5.41, 5.74) is 6.38. The molecule has 3 fully saturated rings. The summed E-state index contributed by atoms with van der Waals surface area (Å²) >= 11 is 0. The third-order valence-electron chi connectivity index (χ3n) is 5.21. The first-order valence-electron chi connectivity index (χ1n) is 8.92. The molecular formula is C16H27N7O2. The van der Waals surface area contributed by atoms with Gasteiger partial charge in [-0.25, -0.2) is 0 Å². The van der Waals surface area contributed by atoms with Crippen molar-refractivity contribution in [2.75, 3.05) is 26.2 Å². The topological polar surface area (TPSA) is 118 Å². The van der Waals surface area contributed by atoms with Crippen LogP contribution in [-0.2, 0) is 22.7 Å². The number of nitrogens with two attached hydrogens (primary N) is 1. The van der Waals surface area contributed by atoms with E-state index in [4.69, 9.17) is 5.73 Å². The molecule has 4 heterocycles. The van der Waals surface area contributed by atoms with Gasteiger partial charge in [0.2, 0.25) is 11.8 Å². The minimum Gasteiger partial charge on any atom is -0.355 e. The molecule has 2 amide bonds. The van der Waals surface area contributed by atoms with Gasteiger partial charge < -0.3 is 16.4 Å². The van der Waals surface area contributed by atoms with E-state index < -0.39 is 0 Å². The van der Waals surface area contributed by atoms with E-state index in [-0.39, 0.29) is 17.7 Å². The molecule has 4 atom stereocenters. The Labute approximate surface area is 147 Å². The van der Waals surface area contributed by atoms with E-state index in [0.29, 0.717) is 31.6 Å². The van der Waals surface area contributed by atoms with Gasteiger partial charge in [-0.3, -0.25) is 19.2 Å². The molecule has 0 radical (unpaired) electrons. The Hall–Kier alpha value is -2.00. The third-order valence-corrected chi connectivity index (χ3v) is 5.21. The number of carbonyl (C=O) groups is 2. The fourth-order valence-electron chi connectivity index (χ4n) is 3.92. The first-order valence-corrected chi connectivity index (χ1v) is 8.92. The van der Waals surface area contributed by atoms with Crippen LogP contribution in [0.5, 0.6) is 0 Å². The van der Waals surface area contributed by atoms with Crippen LogP contribution in [0.3, 0.4) is 0 Å². The van der Waals surface area contributed by atoms with Crippen molar-refractivity contribution in [3.8, 4) is 0 Å². The molecule has 0 saturated carbocycles. The highest BCUT2D eigenvalue weighted by Gasteiger charge is 2.43. The molecule has 4 rings (SSSR count). The zero-order chi connectivity index (χ0) is 17.8. The van der Waals surface area contributed by atoms with Crippen LogP contribution in [-0.4, -0.2) is 63.9 Å². The molecule has 3 aliphatic rings. The molecule has 0 spiro atoms. The number of hydrogen-bond donors (Lipinski definition) is 3. The molecule has 25 heavy (non-hydrogen) atoms. The number of aromatic nitrogens is 3. The number of hydrogen-bond acceptors (Lipinski definition) is 6. The summed E-state index contributed by atoms with van der Waals surface area (Å²) in [6.07, 6.45) is 3.96. The number of fused-ring (bicyclic) bond motifs is 3. The molecule has 9 heteroatoms. The van der Waals surface area contributed by atoms with Crippen LogP contribution in [0.1, 0.15) is 25.5 Å². The zero-order valence-electron chi connectivity index (χ0n) is 14.6. The van der Waals surface area contributed by atoms with Crippen molar-refractivity contribution in [2.24, 2.45) is 17.6 Å². The highest BCUT2D eigenvalue weighted by atomic mass is 16.2. The maximum Gasteiger partial charge on any atom is 0.224 e. The van der Waals surface area contributed by atoms with Crippen LogP contribution in [0.4, 0.5) is 0 Å². The van der Waals surface area contributed by atoms with Crippen LogP contribution < -0.4 is 16.4 Å². The molecule has 4 N–H and O–H groups in total. The van der Waals surface area contributed by atoms with Gasteiger partial charge in [-0.15, -0.1) is 5.10 Å². The van der Waals surface area contributed by atoms with Crippen LogP contribution in [0.2, 0.25) is 0 Å². The van der Waals surface area contributed by atoms with Crippen molar-refractivity contribution >= 4 is 11.8 Å². The van der Waals surface area contributed by atoms with Gasteiger partial charge in [-0.1, -0.05) is 5.21 Å². The van der Waals surface area contributed by atoms with Gasteiger partial charge in [0.25, 0.3) is 0 Å². The minimum absolute atomic E-state index is 0.0395. The van der Waals surface area contributed by atoms with Gasteiger partial charge in [-0.2, -0.15) is 0 Å². The van der Waals surface area contributed by atoms with E-state index in [9.17, 15) is 9.59 Å². The summed E-state index contributed by atoms with van der Waals surface area (Å²) < 4.78 is 1.86. The summed E-state index contributed by atoms with van der Waals surface area (Å²) in [4.78, 5) is 25.7. The number of carbonyl (C=O) groups excluding carboxylic acids is 2. The van der Waals surface area contributed by atoms with Crippen molar-refractivity contribution in [1.82, 2.24) is 30.5 Å². The van der Waals surface area contributed by atoms with Crippen molar-refractivity contribution in [3.63, 3.8) is 0 Å². The lowest BCUT2D eigenvalue weighted by molar-refractivity contribution is -0.133. The predicted molar refractivity (Wildman–Crippen MR) is 91.2 cm³/mol. The van der Waals surface area contributed by atoms with E-state index in [1.807, 2.05) is 10.9 Å². The molecule has 2 bridgehead atoms. The average Bonchev–Trinajstić information content (AvgIpc) is 3.06. The second-order valence-electron chi connectivity index (χ2n) is 6.95. The lowest BCUT2D eigenvalue weighted by Gasteiger charge is -2.49. The largest absolute Gasteiger partial charge is 0.355 e. The van der Waals surface area contributed by atoms with Crippen molar-refractivity contribution in [2.45, 2.75) is 38.9 Å². The van der Waals surface area contributed by atoms with Crippen LogP contribution in [0.25, 0.3) is 0 Å². The quantitative estimate of drug-likeness (QED) is 0.527. The minimum atomic E-state index is -0.0779. The molecule has 0 aromatic carbocycles. The summed E-state index contributed by atoms with van der Waals surface area (Å²) in [5, 5.41) is 13.8. The maximum absolute atomic E-state index is 12.4. The van der Waals surface area contributed by atoms with Gasteiger partial charge in [0, 0.05) is 45.3 Å². The number of nitrogens with one attached hydrogen (secondary N) is 2. The molecule has 138 valence electrons. The molecule has 0 aliphatic carbocycles. The van der Waals surface area contributed by atoms with E-state index in [2.05, 4.69) is 25.8 Å². The monoisotopic (exact) mass is 349 g/mol. The van der Waals surface area contributed by atoms with E-state index in [0.717, 1.165) is 38.2 Å². The number of amides is 2. The second kappa shape index (κ2) is 7.92. The third kappa shape index (κ3) is 4.35. The highest BCUT2D eigenvalue weighted by Crippen LogP contribution is 2.36. The molecule has 3 aliphatic heterocycles. The molecule has 9 nitrogen and oxygen atoms in total. The van der Waals surface area contributed by atoms with Crippen molar-refractivity contribution in [3.05, 3.63) is 11.9 Å². The Kier molecular flexibility index (Phi) is 5.64. The standard InChI is InChI=1S/C16H27N7O2/c1-11(24)18-3-4-19-16(25)15-10-22-5-2-12(15)6-14(22)9-23-8-13(7-17)20-21-23/h8,12,14-15H,2-7,9-10,17H2,1H3,(H,18,24)(H,19,25)/t12-,14+,15+/m0/s1. The number of piperidine rings is 3. The lowest BCUT2D eigenvalue weighted by atomic mass is 9.75. The SMILES string of the molecule is CC(=O)NCCNC(=O)[C@@H]1CN2CC[C@H]1C[C@@H]2Cn1cc(CN)nn1. The van der Waals surface area contributed by atoms with Gasteiger partial charge in [0.15, 0.2) is 0 Å². The van der Waals surface area contributed by atoms with E-state index >= 15 is 0 Å². The Balaban J connectivity index is 1.49. The van der Waals surface area contributed by atoms with Crippen LogP contribution in [0.15, 0.2) is 6.20 Å². The smallest absolute Gasteiger partial charge is 0.224 e. The Bertz CT molecular complexity index is 617. The van der Waals surface area contributed by atoms with E-state index in [1.54, 1.807) is 0 Å². The number of nitrogens with zero attached hydrogens (tertiary/aromatic N) is 4. The van der Waals surface area contributed by atoms with E-state index in [1.165, 1.54) is 6.92 Å². The van der Waals surface area contributed by atoms with Crippen molar-refractivity contribution < 1.29 is 9.59 Å². The summed E-state index contributed by atoms with van der Waals surface area (Å²) in [6.45, 7) is 5.44. The van der Waals surface area contributed by atoms with Gasteiger partial charge in [-0.05, 0) is 25.3 Å². The second-order valence-corrected chi connectivity index (χ2v) is 6.95. The molecule has 1 aromatic heterocycles. The zero-order valence-corrected chi connectivity index (χ0v) is 14.6. The predicted octanol–water partition coefficient (Wildman–Crippen LogP) is -1.30. The van der Waals surface area contributed by atoms with Crippen molar-refractivity contribution in [1.29, 1.82) is 0 Å². The van der Waals surface area contributed by atoms with Gasteiger partial charge >= 0.3 is 0 Å². The molecule has 3 saturated heterocycles. The highest BCUT2D eigenvalue weighted by molar-refractivity contribution is 5.79. The van der Waals surface area contributed by atoms with Crippen LogP contribution >= 0.6 is 0 Å². The van der Waals surface area contributed by atoms with Crippen LogP contribution in [0, 0.1) is 11.8 Å². The molecular weight excluding hydrogens is 322 g/mol. The first-order chi connectivity index (χ1) is 12.1. The fraction of sp³-hybridized carbons (Fsp3) is 0.750. The lowest BCUT2D eigenvalue weighted by Crippen LogP contribution is -2.58. The van der Waals surface area contributed by atoms with Gasteiger partial charge in [0.05, 0.1) is 18.2 Å². The Morgan fingerprint density at radius 3 is 2.80 bits per heavy atom. The molecule has 1 unspecified atom stereocenters. The Morgan fingerprint density at radius 2 is 2.16 bits per heavy atom. The fourth-order valence-corrected chi connectivity index (χ4v) is 3.92. The average molecular weight is 349 g/mol. The summed E-state index contributed by atoms with van der Waals surface area (Å²) in [6, 6.07) is 0.398.